The van der Waals surface area contributed by atoms with E-state index in [0.29, 0.717) is 11.3 Å². The van der Waals surface area contributed by atoms with E-state index in [1.807, 2.05) is 0 Å². The van der Waals surface area contributed by atoms with Crippen LogP contribution in [-0.4, -0.2) is 17.4 Å². The monoisotopic (exact) mass is 294 g/mol. The van der Waals surface area contributed by atoms with Crippen molar-refractivity contribution in [2.45, 2.75) is 83.9 Å². The van der Waals surface area contributed by atoms with Gasteiger partial charge in [0.25, 0.3) is 0 Å². The van der Waals surface area contributed by atoms with Crippen LogP contribution in [0.25, 0.3) is 0 Å². The third-order valence-corrected chi connectivity index (χ3v) is 8.55. The molecule has 0 spiro atoms. The van der Waals surface area contributed by atoms with Gasteiger partial charge in [-0.25, -0.2) is 4.39 Å². The van der Waals surface area contributed by atoms with Gasteiger partial charge in [-0.05, 0) is 92.3 Å². The molecule has 4 aliphatic rings. The smallest absolute Gasteiger partial charge is 0.100 e. The zero-order valence-corrected chi connectivity index (χ0v) is 13.7. The van der Waals surface area contributed by atoms with Crippen molar-refractivity contribution in [1.29, 1.82) is 0 Å². The number of rotatable bonds is 0. The van der Waals surface area contributed by atoms with Gasteiger partial charge in [0.2, 0.25) is 0 Å². The first-order valence-corrected chi connectivity index (χ1v) is 9.27. The first-order chi connectivity index (χ1) is 9.95. The molecule has 4 aliphatic carbocycles. The van der Waals surface area contributed by atoms with E-state index in [-0.39, 0.29) is 11.5 Å². The molecule has 2 heteroatoms. The predicted octanol–water partition coefficient (Wildman–Crippen LogP) is 4.73. The molecule has 0 heterocycles. The highest BCUT2D eigenvalue weighted by Crippen LogP contribution is 2.66. The van der Waals surface area contributed by atoms with Crippen LogP contribution in [0, 0.1) is 34.5 Å². The van der Waals surface area contributed by atoms with E-state index in [9.17, 15) is 9.50 Å². The Hall–Kier alpha value is -0.110. The van der Waals surface area contributed by atoms with E-state index in [1.165, 1.54) is 32.1 Å². The number of aliphatic hydroxyl groups excluding tert-OH is 1. The average Bonchev–Trinajstić information content (AvgIpc) is 2.76. The van der Waals surface area contributed by atoms with E-state index in [4.69, 9.17) is 0 Å². The first-order valence-electron chi connectivity index (χ1n) is 9.27. The van der Waals surface area contributed by atoms with Gasteiger partial charge in [0.15, 0.2) is 0 Å². The molecule has 0 radical (unpaired) electrons. The maximum absolute atomic E-state index is 13.8. The quantitative estimate of drug-likeness (QED) is 0.685. The molecule has 120 valence electrons. The van der Waals surface area contributed by atoms with Crippen molar-refractivity contribution >= 4 is 0 Å². The highest BCUT2D eigenvalue weighted by Gasteiger charge is 2.60. The highest BCUT2D eigenvalue weighted by molar-refractivity contribution is 5.09. The van der Waals surface area contributed by atoms with Gasteiger partial charge >= 0.3 is 0 Å². The Morgan fingerprint density at radius 2 is 1.57 bits per heavy atom. The van der Waals surface area contributed by atoms with E-state index in [1.54, 1.807) is 0 Å². The summed E-state index contributed by atoms with van der Waals surface area (Å²) in [6.07, 6.45) is 9.35. The molecule has 0 bridgehead atoms. The molecule has 4 fully saturated rings. The molecule has 21 heavy (non-hydrogen) atoms. The Morgan fingerprint density at radius 1 is 0.857 bits per heavy atom. The summed E-state index contributed by atoms with van der Waals surface area (Å²) in [5.74, 6) is 2.95. The largest absolute Gasteiger partial charge is 0.393 e. The number of hydrogen-bond donors (Lipinski definition) is 1. The molecule has 1 N–H and O–H groups in total. The topological polar surface area (TPSA) is 20.2 Å². The maximum Gasteiger partial charge on any atom is 0.100 e. The molecule has 4 unspecified atom stereocenters. The summed E-state index contributed by atoms with van der Waals surface area (Å²) in [5, 5.41) is 10.5. The summed E-state index contributed by atoms with van der Waals surface area (Å²) in [6.45, 7) is 4.83. The molecular formula is C19H31FO. The third-order valence-electron chi connectivity index (χ3n) is 8.55. The second kappa shape index (κ2) is 4.69. The van der Waals surface area contributed by atoms with Crippen molar-refractivity contribution in [3.63, 3.8) is 0 Å². The zero-order valence-electron chi connectivity index (χ0n) is 13.7. The average molecular weight is 294 g/mol. The van der Waals surface area contributed by atoms with Gasteiger partial charge in [0, 0.05) is 0 Å². The normalized spacial score (nSPS) is 60.0. The number of halogens is 1. The van der Waals surface area contributed by atoms with Crippen LogP contribution in [0.1, 0.15) is 71.6 Å². The van der Waals surface area contributed by atoms with E-state index < -0.39 is 6.17 Å². The molecule has 8 atom stereocenters. The lowest BCUT2D eigenvalue weighted by atomic mass is 9.45. The second-order valence-electron chi connectivity index (χ2n) is 9.17. The Balaban J connectivity index is 1.62. The molecule has 0 saturated heterocycles. The molecule has 0 amide bonds. The van der Waals surface area contributed by atoms with Crippen LogP contribution >= 0.6 is 0 Å². The lowest BCUT2D eigenvalue weighted by Gasteiger charge is -2.60. The highest BCUT2D eigenvalue weighted by atomic mass is 19.1. The van der Waals surface area contributed by atoms with Gasteiger partial charge < -0.3 is 5.11 Å². The van der Waals surface area contributed by atoms with Gasteiger partial charge in [-0.15, -0.1) is 0 Å². The summed E-state index contributed by atoms with van der Waals surface area (Å²) >= 11 is 0. The van der Waals surface area contributed by atoms with Crippen LogP contribution in [0.15, 0.2) is 0 Å². The maximum atomic E-state index is 13.8. The van der Waals surface area contributed by atoms with Gasteiger partial charge in [0.05, 0.1) is 6.10 Å². The third kappa shape index (κ3) is 1.90. The molecule has 0 aliphatic heterocycles. The van der Waals surface area contributed by atoms with Crippen molar-refractivity contribution in [2.24, 2.45) is 34.5 Å². The van der Waals surface area contributed by atoms with E-state index >= 15 is 0 Å². The fourth-order valence-electron chi connectivity index (χ4n) is 7.18. The summed E-state index contributed by atoms with van der Waals surface area (Å²) in [7, 11) is 0. The Bertz CT molecular complexity index is 424. The fraction of sp³-hybridized carbons (Fsp3) is 1.00. The van der Waals surface area contributed by atoms with Crippen LogP contribution in [0.2, 0.25) is 0 Å². The van der Waals surface area contributed by atoms with Crippen LogP contribution < -0.4 is 0 Å². The summed E-state index contributed by atoms with van der Waals surface area (Å²) in [5.41, 5.74) is 0.571. The van der Waals surface area contributed by atoms with Crippen LogP contribution in [0.3, 0.4) is 0 Å². The molecule has 4 rings (SSSR count). The molecular weight excluding hydrogens is 263 g/mol. The molecule has 4 saturated carbocycles. The summed E-state index contributed by atoms with van der Waals surface area (Å²) in [4.78, 5) is 0. The molecule has 0 aromatic heterocycles. The number of hydrogen-bond acceptors (Lipinski definition) is 1. The van der Waals surface area contributed by atoms with Gasteiger partial charge in [-0.2, -0.15) is 0 Å². The van der Waals surface area contributed by atoms with Crippen molar-refractivity contribution in [2.75, 3.05) is 0 Å². The molecule has 1 nitrogen and oxygen atoms in total. The van der Waals surface area contributed by atoms with Crippen molar-refractivity contribution in [3.05, 3.63) is 0 Å². The van der Waals surface area contributed by atoms with Gasteiger partial charge in [0.1, 0.15) is 6.17 Å². The van der Waals surface area contributed by atoms with Crippen LogP contribution in [0.4, 0.5) is 4.39 Å². The Kier molecular flexibility index (Phi) is 3.24. The summed E-state index contributed by atoms with van der Waals surface area (Å²) < 4.78 is 13.8. The number of alkyl halides is 1. The minimum atomic E-state index is -0.540. The minimum Gasteiger partial charge on any atom is -0.393 e. The lowest BCUT2D eigenvalue weighted by Crippen LogP contribution is -2.54. The van der Waals surface area contributed by atoms with Crippen LogP contribution in [0.5, 0.6) is 0 Å². The van der Waals surface area contributed by atoms with Crippen molar-refractivity contribution in [3.8, 4) is 0 Å². The Labute approximate surface area is 128 Å². The summed E-state index contributed by atoms with van der Waals surface area (Å²) in [6, 6.07) is 0. The zero-order chi connectivity index (χ0) is 14.8. The number of aliphatic hydroxyl groups is 1. The first kappa shape index (κ1) is 14.5. The second-order valence-corrected chi connectivity index (χ2v) is 9.17. The number of fused-ring (bicyclic) bond motifs is 5. The SMILES string of the molecule is C[C@]12CC[C@H](F)CC1CCC1C2CC[C@@]2(C)C1CC[C@@H]2O. The molecule has 0 aromatic rings. The standard InChI is InChI=1S/C19H31FO/c1-18-9-7-13(20)11-12(18)3-4-14-15-5-6-17(21)19(15,2)10-8-16(14)18/h12-17,21H,3-11H2,1-2H3/t12?,13-,14?,15?,16?,17-,18-,19-/m0/s1. The minimum absolute atomic E-state index is 0.0736. The predicted molar refractivity (Wildman–Crippen MR) is 82.6 cm³/mol. The van der Waals surface area contributed by atoms with Crippen molar-refractivity contribution < 1.29 is 9.50 Å². The Morgan fingerprint density at radius 3 is 2.38 bits per heavy atom. The van der Waals surface area contributed by atoms with Crippen molar-refractivity contribution in [1.82, 2.24) is 0 Å². The van der Waals surface area contributed by atoms with Gasteiger partial charge in [-0.1, -0.05) is 13.8 Å². The van der Waals surface area contributed by atoms with E-state index in [0.717, 1.165) is 43.4 Å². The molecule has 0 aromatic carbocycles. The van der Waals surface area contributed by atoms with Crippen LogP contribution in [-0.2, 0) is 0 Å². The van der Waals surface area contributed by atoms with Gasteiger partial charge in [-0.3, -0.25) is 0 Å². The lowest BCUT2D eigenvalue weighted by molar-refractivity contribution is -0.128. The van der Waals surface area contributed by atoms with E-state index in [2.05, 4.69) is 13.8 Å². The fourth-order valence-corrected chi connectivity index (χ4v) is 7.18.